The minimum absolute atomic E-state index is 0.268. The van der Waals surface area contributed by atoms with E-state index in [0.29, 0.717) is 0 Å². The Morgan fingerprint density at radius 1 is 0.727 bits per heavy atom. The van der Waals surface area contributed by atoms with E-state index in [1.54, 1.807) is 22.7 Å². The summed E-state index contributed by atoms with van der Waals surface area (Å²) in [6.45, 7) is 0.535. The second kappa shape index (κ2) is 9.55. The zero-order valence-electron chi connectivity index (χ0n) is 12.3. The molecule has 0 aliphatic rings. The van der Waals surface area contributed by atoms with Crippen LogP contribution in [0.5, 0.6) is 0 Å². The molecule has 0 unspecified atom stereocenters. The molecule has 22 heavy (non-hydrogen) atoms. The van der Waals surface area contributed by atoms with Crippen molar-refractivity contribution in [3.63, 3.8) is 0 Å². The van der Waals surface area contributed by atoms with Crippen molar-refractivity contribution in [1.29, 1.82) is 0 Å². The summed E-state index contributed by atoms with van der Waals surface area (Å²) in [6.07, 6.45) is 5.77. The Balaban J connectivity index is 2.08. The molecule has 0 saturated carbocycles. The van der Waals surface area contributed by atoms with E-state index in [4.69, 9.17) is 10.2 Å². The van der Waals surface area contributed by atoms with Crippen LogP contribution in [0.15, 0.2) is 19.7 Å². The van der Waals surface area contributed by atoms with Crippen molar-refractivity contribution in [2.75, 3.05) is 13.2 Å². The van der Waals surface area contributed by atoms with E-state index in [9.17, 15) is 0 Å². The molecule has 2 N–H and O–H groups in total. The highest BCUT2D eigenvalue weighted by molar-refractivity contribution is 9.11. The van der Waals surface area contributed by atoms with Gasteiger partial charge >= 0.3 is 0 Å². The smallest absolute Gasteiger partial charge is 0.0737 e. The van der Waals surface area contributed by atoms with Crippen molar-refractivity contribution in [3.05, 3.63) is 30.8 Å². The lowest BCUT2D eigenvalue weighted by Crippen LogP contribution is -1.87. The largest absolute Gasteiger partial charge is 0.396 e. The van der Waals surface area contributed by atoms with Crippen molar-refractivity contribution in [2.24, 2.45) is 0 Å². The molecule has 0 atom stereocenters. The van der Waals surface area contributed by atoms with Crippen LogP contribution in [-0.4, -0.2) is 23.4 Å². The van der Waals surface area contributed by atoms with E-state index in [1.807, 2.05) is 0 Å². The molecule has 2 heterocycles. The molecule has 0 aliphatic heterocycles. The van der Waals surface area contributed by atoms with E-state index >= 15 is 0 Å². The minimum atomic E-state index is 0.268. The summed E-state index contributed by atoms with van der Waals surface area (Å²) in [7, 11) is 0. The van der Waals surface area contributed by atoms with Crippen molar-refractivity contribution >= 4 is 54.5 Å². The summed E-state index contributed by atoms with van der Waals surface area (Å²) in [4.78, 5) is 2.59. The topological polar surface area (TPSA) is 40.5 Å². The molecular weight excluding hydrogens is 448 g/mol. The Hall–Kier alpha value is 0.280. The lowest BCUT2D eigenvalue weighted by Gasteiger charge is -1.96. The molecule has 6 heteroatoms. The van der Waals surface area contributed by atoms with Crippen LogP contribution < -0.4 is 0 Å². The molecule has 0 saturated heterocycles. The monoisotopic (exact) mass is 466 g/mol. The second-order valence-corrected chi connectivity index (χ2v) is 9.92. The summed E-state index contributed by atoms with van der Waals surface area (Å²) >= 11 is 10.9. The summed E-state index contributed by atoms with van der Waals surface area (Å²) in [5.74, 6) is 0. The van der Waals surface area contributed by atoms with Gasteiger partial charge in [-0.05, 0) is 93.6 Å². The molecule has 0 spiro atoms. The van der Waals surface area contributed by atoms with Gasteiger partial charge in [-0.25, -0.2) is 0 Å². The van der Waals surface area contributed by atoms with E-state index in [1.165, 1.54) is 28.5 Å². The highest BCUT2D eigenvalue weighted by atomic mass is 79.9. The minimum Gasteiger partial charge on any atom is -0.396 e. The molecule has 0 fully saturated rings. The first-order valence-electron chi connectivity index (χ1n) is 7.44. The number of halogens is 2. The van der Waals surface area contributed by atoms with Gasteiger partial charge in [-0.3, -0.25) is 0 Å². The average Bonchev–Trinajstić information content (AvgIpc) is 3.04. The third-order valence-electron chi connectivity index (χ3n) is 3.47. The number of hydrogen-bond acceptors (Lipinski definition) is 4. The highest BCUT2D eigenvalue weighted by Gasteiger charge is 2.13. The van der Waals surface area contributed by atoms with Crippen LogP contribution in [0, 0.1) is 0 Å². The van der Waals surface area contributed by atoms with Gasteiger partial charge < -0.3 is 10.2 Å². The van der Waals surface area contributed by atoms with Crippen molar-refractivity contribution in [3.8, 4) is 9.75 Å². The third-order valence-corrected chi connectivity index (χ3v) is 7.58. The molecular formula is C16H20Br2O2S2. The van der Waals surface area contributed by atoms with Gasteiger partial charge in [0.15, 0.2) is 0 Å². The molecule has 122 valence electrons. The maximum atomic E-state index is 8.89. The molecule has 2 aromatic rings. The molecule has 2 nitrogen and oxygen atoms in total. The number of aliphatic hydroxyl groups is 2. The number of unbranched alkanes of at least 4 members (excludes halogenated alkanes) is 2. The van der Waals surface area contributed by atoms with Crippen LogP contribution in [-0.2, 0) is 12.8 Å². The van der Waals surface area contributed by atoms with Gasteiger partial charge in [-0.15, -0.1) is 22.7 Å². The van der Waals surface area contributed by atoms with Gasteiger partial charge in [0.25, 0.3) is 0 Å². The summed E-state index contributed by atoms with van der Waals surface area (Å²) in [6, 6.07) is 4.53. The highest BCUT2D eigenvalue weighted by Crippen LogP contribution is 2.42. The lowest BCUT2D eigenvalue weighted by atomic mass is 10.1. The van der Waals surface area contributed by atoms with Gasteiger partial charge in [-0.2, -0.15) is 0 Å². The Morgan fingerprint density at radius 2 is 1.14 bits per heavy atom. The SMILES string of the molecule is OCCCCc1cc(-c2cc(CCCCO)c(Br)s2)sc1Br. The second-order valence-electron chi connectivity index (χ2n) is 5.18. The molecule has 0 bridgehead atoms. The normalized spacial score (nSPS) is 11.3. The van der Waals surface area contributed by atoms with Gasteiger partial charge in [0.2, 0.25) is 0 Å². The van der Waals surface area contributed by atoms with Crippen LogP contribution in [0.4, 0.5) is 0 Å². The van der Waals surface area contributed by atoms with Gasteiger partial charge in [0.05, 0.1) is 7.57 Å². The predicted molar refractivity (Wildman–Crippen MR) is 103 cm³/mol. The molecule has 0 aliphatic carbocycles. The summed E-state index contributed by atoms with van der Waals surface area (Å²) in [5, 5.41) is 17.8. The quantitative estimate of drug-likeness (QED) is 0.469. The number of aliphatic hydroxyl groups excluding tert-OH is 2. The fraction of sp³-hybridized carbons (Fsp3) is 0.500. The van der Waals surface area contributed by atoms with Gasteiger partial charge in [0.1, 0.15) is 0 Å². The first-order chi connectivity index (χ1) is 10.7. The van der Waals surface area contributed by atoms with Crippen molar-refractivity contribution in [2.45, 2.75) is 38.5 Å². The number of hydrogen-bond donors (Lipinski definition) is 2. The van der Waals surface area contributed by atoms with Crippen molar-refractivity contribution < 1.29 is 10.2 Å². The predicted octanol–water partition coefficient (Wildman–Crippen LogP) is 5.63. The van der Waals surface area contributed by atoms with E-state index in [-0.39, 0.29) is 13.2 Å². The standard InChI is InChI=1S/C16H20Br2O2S2/c17-15-11(5-1-3-7-19)9-13(21-15)14-10-12(16(18)22-14)6-2-4-8-20/h9-10,19-20H,1-8H2. The molecule has 0 amide bonds. The van der Waals surface area contributed by atoms with Crippen LogP contribution in [0.2, 0.25) is 0 Å². The first kappa shape index (κ1) is 18.6. The maximum Gasteiger partial charge on any atom is 0.0737 e. The fourth-order valence-corrected chi connectivity index (χ4v) is 5.86. The van der Waals surface area contributed by atoms with Crippen LogP contribution in [0.25, 0.3) is 9.75 Å². The number of rotatable bonds is 9. The van der Waals surface area contributed by atoms with Crippen molar-refractivity contribution in [1.82, 2.24) is 0 Å². The molecule has 2 rings (SSSR count). The fourth-order valence-electron chi connectivity index (χ4n) is 2.25. The Kier molecular flexibility index (Phi) is 8.08. The average molecular weight is 468 g/mol. The lowest BCUT2D eigenvalue weighted by molar-refractivity contribution is 0.284. The van der Waals surface area contributed by atoms with Gasteiger partial charge in [0, 0.05) is 23.0 Å². The molecule has 0 aromatic carbocycles. The van der Waals surface area contributed by atoms with Crippen LogP contribution in [0.3, 0.4) is 0 Å². The zero-order chi connectivity index (χ0) is 15.9. The Morgan fingerprint density at radius 3 is 1.50 bits per heavy atom. The van der Waals surface area contributed by atoms with Crippen LogP contribution in [0.1, 0.15) is 36.8 Å². The van der Waals surface area contributed by atoms with Crippen LogP contribution >= 0.6 is 54.5 Å². The van der Waals surface area contributed by atoms with E-state index in [0.717, 1.165) is 38.5 Å². The number of thiophene rings is 2. The van der Waals surface area contributed by atoms with E-state index < -0.39 is 0 Å². The Labute approximate surface area is 156 Å². The molecule has 2 aromatic heterocycles. The zero-order valence-corrected chi connectivity index (χ0v) is 17.1. The Bertz CT molecular complexity index is 541. The summed E-state index contributed by atoms with van der Waals surface area (Å²) in [5.41, 5.74) is 2.67. The number of aryl methyl sites for hydroxylation is 2. The summed E-state index contributed by atoms with van der Waals surface area (Å²) < 4.78 is 2.40. The molecule has 0 radical (unpaired) electrons. The first-order valence-corrected chi connectivity index (χ1v) is 10.7. The maximum absolute atomic E-state index is 8.89. The van der Waals surface area contributed by atoms with E-state index in [2.05, 4.69) is 44.0 Å². The third kappa shape index (κ3) is 5.14. The van der Waals surface area contributed by atoms with Gasteiger partial charge in [-0.1, -0.05) is 0 Å².